The fourth-order valence-corrected chi connectivity index (χ4v) is 2.07. The van der Waals surface area contributed by atoms with E-state index >= 15 is 0 Å². The number of ether oxygens (including phenoxy) is 1. The maximum Gasteiger partial charge on any atom is 0.168 e. The predicted molar refractivity (Wildman–Crippen MR) is 75.0 cm³/mol. The van der Waals surface area contributed by atoms with Gasteiger partial charge in [-0.15, -0.1) is 0 Å². The number of halogens is 1. The van der Waals surface area contributed by atoms with Gasteiger partial charge in [0.15, 0.2) is 6.10 Å². The molecule has 1 atom stereocenters. The first-order valence-electron chi connectivity index (χ1n) is 5.37. The highest BCUT2D eigenvalue weighted by atomic mass is 127. The first-order valence-corrected chi connectivity index (χ1v) is 6.45. The average Bonchev–Trinajstić information content (AvgIpc) is 2.73. The van der Waals surface area contributed by atoms with Crippen molar-refractivity contribution in [3.63, 3.8) is 0 Å². The van der Waals surface area contributed by atoms with Crippen LogP contribution >= 0.6 is 22.6 Å². The Balaban J connectivity index is 2.15. The lowest BCUT2D eigenvalue weighted by atomic mass is 10.2. The van der Waals surface area contributed by atoms with Crippen molar-refractivity contribution in [1.82, 2.24) is 0 Å². The molecule has 1 aromatic carbocycles. The summed E-state index contributed by atoms with van der Waals surface area (Å²) in [6, 6.07) is 11.7. The maximum absolute atomic E-state index is 5.82. The molecule has 3 nitrogen and oxygen atoms in total. The third-order valence-electron chi connectivity index (χ3n) is 2.37. The molecule has 0 radical (unpaired) electrons. The molecular formula is C13H14INO2. The van der Waals surface area contributed by atoms with Gasteiger partial charge >= 0.3 is 0 Å². The van der Waals surface area contributed by atoms with Gasteiger partial charge < -0.3 is 14.9 Å². The van der Waals surface area contributed by atoms with Gasteiger partial charge in [-0.2, -0.15) is 0 Å². The Kier molecular flexibility index (Phi) is 4.06. The van der Waals surface area contributed by atoms with Crippen LogP contribution in [0.1, 0.15) is 17.6 Å². The monoisotopic (exact) mass is 343 g/mol. The quantitative estimate of drug-likeness (QED) is 0.867. The molecule has 1 unspecified atom stereocenters. The summed E-state index contributed by atoms with van der Waals surface area (Å²) in [4.78, 5) is 0. The summed E-state index contributed by atoms with van der Waals surface area (Å²) < 4.78 is 12.5. The number of nitrogens with two attached hydrogens (primary N) is 1. The van der Waals surface area contributed by atoms with Gasteiger partial charge in [0, 0.05) is 10.1 Å². The van der Waals surface area contributed by atoms with Crippen LogP contribution in [-0.2, 0) is 0 Å². The minimum absolute atomic E-state index is 0.234. The van der Waals surface area contributed by atoms with Crippen LogP contribution in [0.2, 0.25) is 0 Å². The van der Waals surface area contributed by atoms with Crippen molar-refractivity contribution in [2.75, 3.05) is 6.54 Å². The molecule has 0 aliphatic carbocycles. The summed E-state index contributed by atoms with van der Waals surface area (Å²) in [6.07, 6.45) is -0.234. The zero-order valence-electron chi connectivity index (χ0n) is 9.52. The minimum Gasteiger partial charge on any atom is -0.481 e. The highest BCUT2D eigenvalue weighted by molar-refractivity contribution is 14.1. The molecule has 2 N–H and O–H groups in total. The first kappa shape index (κ1) is 12.4. The standard InChI is InChI=1S/C13H14INO2/c1-9-5-6-12(16-9)13(8-15)17-11-4-2-3-10(14)7-11/h2-7,13H,8,15H2,1H3. The second kappa shape index (κ2) is 5.55. The lowest BCUT2D eigenvalue weighted by Crippen LogP contribution is -2.17. The summed E-state index contributed by atoms with van der Waals surface area (Å²) in [6.45, 7) is 2.29. The maximum atomic E-state index is 5.82. The highest BCUT2D eigenvalue weighted by Gasteiger charge is 2.15. The van der Waals surface area contributed by atoms with Crippen molar-refractivity contribution in [3.8, 4) is 5.75 Å². The number of benzene rings is 1. The van der Waals surface area contributed by atoms with Gasteiger partial charge in [-0.25, -0.2) is 0 Å². The van der Waals surface area contributed by atoms with E-state index in [-0.39, 0.29) is 6.10 Å². The Morgan fingerprint density at radius 2 is 2.18 bits per heavy atom. The van der Waals surface area contributed by atoms with Gasteiger partial charge in [-0.05, 0) is 59.8 Å². The highest BCUT2D eigenvalue weighted by Crippen LogP contribution is 2.24. The van der Waals surface area contributed by atoms with E-state index in [9.17, 15) is 0 Å². The average molecular weight is 343 g/mol. The molecule has 0 fully saturated rings. The lowest BCUT2D eigenvalue weighted by Gasteiger charge is -2.15. The number of hydrogen-bond donors (Lipinski definition) is 1. The fraction of sp³-hybridized carbons (Fsp3) is 0.231. The molecule has 0 bridgehead atoms. The van der Waals surface area contributed by atoms with E-state index in [1.54, 1.807) is 0 Å². The van der Waals surface area contributed by atoms with Crippen LogP contribution in [0, 0.1) is 10.5 Å². The summed E-state index contributed by atoms with van der Waals surface area (Å²) in [5.74, 6) is 2.44. The van der Waals surface area contributed by atoms with Gasteiger partial charge in [0.2, 0.25) is 0 Å². The van der Waals surface area contributed by atoms with Crippen LogP contribution in [0.5, 0.6) is 5.75 Å². The molecule has 0 aliphatic rings. The summed E-state index contributed by atoms with van der Waals surface area (Å²) in [7, 11) is 0. The van der Waals surface area contributed by atoms with E-state index < -0.39 is 0 Å². The van der Waals surface area contributed by atoms with Crippen molar-refractivity contribution in [1.29, 1.82) is 0 Å². The predicted octanol–water partition coefficient (Wildman–Crippen LogP) is 3.27. The molecule has 1 heterocycles. The molecule has 2 aromatic rings. The van der Waals surface area contributed by atoms with Gasteiger partial charge in [-0.3, -0.25) is 0 Å². The number of hydrogen-bond acceptors (Lipinski definition) is 3. The Morgan fingerprint density at radius 1 is 1.35 bits per heavy atom. The Hall–Kier alpha value is -1.01. The molecule has 0 aliphatic heterocycles. The summed E-state index contributed by atoms with van der Waals surface area (Å²) in [5, 5.41) is 0. The SMILES string of the molecule is Cc1ccc(C(CN)Oc2cccc(I)c2)o1. The van der Waals surface area contributed by atoms with Crippen LogP contribution in [0.3, 0.4) is 0 Å². The molecule has 90 valence electrons. The molecule has 4 heteroatoms. The van der Waals surface area contributed by atoms with Crippen molar-refractivity contribution in [3.05, 3.63) is 51.5 Å². The van der Waals surface area contributed by atoms with E-state index in [1.165, 1.54) is 0 Å². The Labute approximate surface area is 114 Å². The lowest BCUT2D eigenvalue weighted by molar-refractivity contribution is 0.182. The van der Waals surface area contributed by atoms with Crippen LogP contribution in [0.25, 0.3) is 0 Å². The van der Waals surface area contributed by atoms with Crippen LogP contribution in [0.4, 0.5) is 0 Å². The van der Waals surface area contributed by atoms with Gasteiger partial charge in [0.25, 0.3) is 0 Å². The second-order valence-electron chi connectivity index (χ2n) is 3.75. The molecule has 0 spiro atoms. The van der Waals surface area contributed by atoms with E-state index in [0.717, 1.165) is 20.8 Å². The Morgan fingerprint density at radius 3 is 2.76 bits per heavy atom. The fourth-order valence-electron chi connectivity index (χ4n) is 1.55. The molecule has 1 aromatic heterocycles. The Bertz CT molecular complexity index is 496. The topological polar surface area (TPSA) is 48.4 Å². The van der Waals surface area contributed by atoms with Crippen LogP contribution in [-0.4, -0.2) is 6.54 Å². The number of furan rings is 1. The summed E-state index contributed by atoms with van der Waals surface area (Å²) >= 11 is 2.25. The van der Waals surface area contributed by atoms with E-state index in [4.69, 9.17) is 14.9 Å². The van der Waals surface area contributed by atoms with E-state index in [1.807, 2.05) is 43.3 Å². The van der Waals surface area contributed by atoms with Gasteiger partial charge in [0.1, 0.15) is 17.3 Å². The second-order valence-corrected chi connectivity index (χ2v) is 4.99. The number of rotatable bonds is 4. The van der Waals surface area contributed by atoms with Gasteiger partial charge in [-0.1, -0.05) is 6.07 Å². The molecule has 17 heavy (non-hydrogen) atoms. The third-order valence-corrected chi connectivity index (χ3v) is 3.04. The third kappa shape index (κ3) is 3.23. The molecule has 0 saturated carbocycles. The minimum atomic E-state index is -0.234. The van der Waals surface area contributed by atoms with E-state index in [2.05, 4.69) is 22.6 Å². The van der Waals surface area contributed by atoms with Crippen molar-refractivity contribution >= 4 is 22.6 Å². The normalized spacial score (nSPS) is 12.4. The molecule has 0 amide bonds. The molecule has 0 saturated heterocycles. The zero-order valence-corrected chi connectivity index (χ0v) is 11.7. The number of aryl methyl sites for hydroxylation is 1. The van der Waals surface area contributed by atoms with Crippen LogP contribution < -0.4 is 10.5 Å². The zero-order chi connectivity index (χ0) is 12.3. The molecular weight excluding hydrogens is 329 g/mol. The van der Waals surface area contributed by atoms with Crippen LogP contribution in [0.15, 0.2) is 40.8 Å². The summed E-state index contributed by atoms with van der Waals surface area (Å²) in [5.41, 5.74) is 5.71. The molecule has 2 rings (SSSR count). The largest absolute Gasteiger partial charge is 0.481 e. The van der Waals surface area contributed by atoms with Crippen molar-refractivity contribution < 1.29 is 9.15 Å². The first-order chi connectivity index (χ1) is 8.19. The van der Waals surface area contributed by atoms with Crippen molar-refractivity contribution in [2.45, 2.75) is 13.0 Å². The van der Waals surface area contributed by atoms with Crippen molar-refractivity contribution in [2.24, 2.45) is 5.73 Å². The van der Waals surface area contributed by atoms with E-state index in [0.29, 0.717) is 6.54 Å². The smallest absolute Gasteiger partial charge is 0.168 e. The van der Waals surface area contributed by atoms with Gasteiger partial charge in [0.05, 0.1) is 0 Å².